The van der Waals surface area contributed by atoms with Crippen molar-refractivity contribution in [2.75, 3.05) is 0 Å². The predicted molar refractivity (Wildman–Crippen MR) is 76.9 cm³/mol. The van der Waals surface area contributed by atoms with Crippen LogP contribution in [0.25, 0.3) is 0 Å². The van der Waals surface area contributed by atoms with Gasteiger partial charge in [0.05, 0.1) is 6.04 Å². The molecule has 1 aliphatic rings. The Hall–Kier alpha value is -2.13. The molecule has 1 heterocycles. The highest BCUT2D eigenvalue weighted by Gasteiger charge is 2.46. The van der Waals surface area contributed by atoms with Gasteiger partial charge in [-0.15, -0.1) is 0 Å². The molecule has 0 aromatic heterocycles. The first kappa shape index (κ1) is 12.9. The SMILES string of the molecule is Cc1ccc([C@H]2[C@H](O)C(=O)N2Cc2ccccc2)cc1. The molecule has 1 fully saturated rings. The maximum Gasteiger partial charge on any atom is 0.254 e. The Morgan fingerprint density at radius 2 is 1.70 bits per heavy atom. The van der Waals surface area contributed by atoms with E-state index >= 15 is 0 Å². The van der Waals surface area contributed by atoms with E-state index in [2.05, 4.69) is 0 Å². The van der Waals surface area contributed by atoms with E-state index in [-0.39, 0.29) is 11.9 Å². The van der Waals surface area contributed by atoms with Gasteiger partial charge in [0.25, 0.3) is 5.91 Å². The molecule has 0 aliphatic carbocycles. The lowest BCUT2D eigenvalue weighted by molar-refractivity contribution is -0.168. The maximum atomic E-state index is 11.9. The molecule has 0 radical (unpaired) electrons. The van der Waals surface area contributed by atoms with Gasteiger partial charge in [-0.3, -0.25) is 4.79 Å². The highest BCUT2D eigenvalue weighted by atomic mass is 16.3. The Balaban J connectivity index is 1.82. The smallest absolute Gasteiger partial charge is 0.254 e. The Bertz CT molecular complexity index is 607. The third-order valence-corrected chi connectivity index (χ3v) is 3.79. The summed E-state index contributed by atoms with van der Waals surface area (Å²) in [5, 5.41) is 9.96. The summed E-state index contributed by atoms with van der Waals surface area (Å²) < 4.78 is 0. The molecule has 3 nitrogen and oxygen atoms in total. The molecule has 3 rings (SSSR count). The summed E-state index contributed by atoms with van der Waals surface area (Å²) in [4.78, 5) is 13.6. The van der Waals surface area contributed by atoms with E-state index in [9.17, 15) is 9.90 Å². The number of carbonyl (C=O) groups excluding carboxylic acids is 1. The Labute approximate surface area is 118 Å². The summed E-state index contributed by atoms with van der Waals surface area (Å²) in [6, 6.07) is 17.6. The van der Waals surface area contributed by atoms with Crippen LogP contribution in [0.1, 0.15) is 22.7 Å². The van der Waals surface area contributed by atoms with Crippen molar-refractivity contribution in [3.05, 3.63) is 71.3 Å². The molecule has 1 aliphatic heterocycles. The molecule has 1 saturated heterocycles. The van der Waals surface area contributed by atoms with E-state index in [4.69, 9.17) is 0 Å². The monoisotopic (exact) mass is 267 g/mol. The van der Waals surface area contributed by atoms with Gasteiger partial charge >= 0.3 is 0 Å². The summed E-state index contributed by atoms with van der Waals surface area (Å²) in [6.45, 7) is 2.56. The van der Waals surface area contributed by atoms with E-state index in [0.717, 1.165) is 11.1 Å². The minimum absolute atomic E-state index is 0.195. The van der Waals surface area contributed by atoms with Crippen molar-refractivity contribution < 1.29 is 9.90 Å². The number of hydrogen-bond acceptors (Lipinski definition) is 2. The molecule has 2 atom stereocenters. The highest BCUT2D eigenvalue weighted by molar-refractivity contribution is 5.88. The molecule has 0 bridgehead atoms. The molecule has 3 heteroatoms. The van der Waals surface area contributed by atoms with Crippen LogP contribution < -0.4 is 0 Å². The predicted octanol–water partition coefficient (Wildman–Crippen LogP) is 2.44. The molecular formula is C17H17NO2. The van der Waals surface area contributed by atoms with Crippen LogP contribution in [0.5, 0.6) is 0 Å². The molecule has 102 valence electrons. The van der Waals surface area contributed by atoms with Crippen molar-refractivity contribution in [2.24, 2.45) is 0 Å². The van der Waals surface area contributed by atoms with Crippen molar-refractivity contribution >= 4 is 5.91 Å². The summed E-state index contributed by atoms with van der Waals surface area (Å²) >= 11 is 0. The van der Waals surface area contributed by atoms with Crippen molar-refractivity contribution in [1.82, 2.24) is 4.90 Å². The summed E-state index contributed by atoms with van der Waals surface area (Å²) in [6.07, 6.45) is -0.915. The first-order chi connectivity index (χ1) is 9.66. The van der Waals surface area contributed by atoms with Crippen LogP contribution in [0.15, 0.2) is 54.6 Å². The first-order valence-electron chi connectivity index (χ1n) is 6.76. The number of amides is 1. The second kappa shape index (κ2) is 5.10. The van der Waals surface area contributed by atoms with Crippen LogP contribution in [0, 0.1) is 6.92 Å². The number of rotatable bonds is 3. The van der Waals surface area contributed by atoms with Crippen LogP contribution in [0.4, 0.5) is 0 Å². The largest absolute Gasteiger partial charge is 0.381 e. The fourth-order valence-electron chi connectivity index (χ4n) is 2.61. The van der Waals surface area contributed by atoms with Crippen molar-refractivity contribution in [1.29, 1.82) is 0 Å². The molecule has 2 aromatic carbocycles. The van der Waals surface area contributed by atoms with Gasteiger partial charge in [0.1, 0.15) is 0 Å². The molecule has 20 heavy (non-hydrogen) atoms. The van der Waals surface area contributed by atoms with E-state index in [0.29, 0.717) is 6.54 Å². The van der Waals surface area contributed by atoms with Gasteiger partial charge in [0.15, 0.2) is 6.10 Å². The number of aryl methyl sites for hydroxylation is 1. The number of β-lactam (4-membered cyclic amide) rings is 1. The zero-order valence-electron chi connectivity index (χ0n) is 11.4. The van der Waals surface area contributed by atoms with Gasteiger partial charge in [-0.1, -0.05) is 60.2 Å². The van der Waals surface area contributed by atoms with Gasteiger partial charge in [-0.2, -0.15) is 0 Å². The lowest BCUT2D eigenvalue weighted by Gasteiger charge is -2.45. The van der Waals surface area contributed by atoms with Crippen LogP contribution >= 0.6 is 0 Å². The Kier molecular flexibility index (Phi) is 3.28. The fraction of sp³-hybridized carbons (Fsp3) is 0.235. The van der Waals surface area contributed by atoms with Gasteiger partial charge < -0.3 is 10.0 Å². The minimum Gasteiger partial charge on any atom is -0.381 e. The number of benzene rings is 2. The highest BCUT2D eigenvalue weighted by Crippen LogP contribution is 2.36. The van der Waals surface area contributed by atoms with Crippen LogP contribution in [-0.2, 0) is 11.3 Å². The summed E-state index contributed by atoms with van der Waals surface area (Å²) in [5.41, 5.74) is 3.23. The van der Waals surface area contributed by atoms with Gasteiger partial charge in [0.2, 0.25) is 0 Å². The molecule has 0 saturated carbocycles. The zero-order valence-corrected chi connectivity index (χ0v) is 11.4. The molecular weight excluding hydrogens is 250 g/mol. The second-order valence-corrected chi connectivity index (χ2v) is 5.25. The summed E-state index contributed by atoms with van der Waals surface area (Å²) in [5.74, 6) is -0.195. The van der Waals surface area contributed by atoms with Gasteiger partial charge in [-0.25, -0.2) is 0 Å². The van der Waals surface area contributed by atoms with Crippen molar-refractivity contribution in [2.45, 2.75) is 25.6 Å². The van der Waals surface area contributed by atoms with E-state index in [1.54, 1.807) is 4.90 Å². The first-order valence-corrected chi connectivity index (χ1v) is 6.76. The lowest BCUT2D eigenvalue weighted by atomic mass is 9.90. The van der Waals surface area contributed by atoms with Crippen molar-refractivity contribution in [3.8, 4) is 0 Å². The second-order valence-electron chi connectivity index (χ2n) is 5.25. The average molecular weight is 267 g/mol. The average Bonchev–Trinajstić information content (AvgIpc) is 2.49. The van der Waals surface area contributed by atoms with Gasteiger partial charge in [-0.05, 0) is 18.1 Å². The summed E-state index contributed by atoms with van der Waals surface area (Å²) in [7, 11) is 0. The Morgan fingerprint density at radius 1 is 1.05 bits per heavy atom. The third-order valence-electron chi connectivity index (χ3n) is 3.79. The molecule has 2 aromatic rings. The topological polar surface area (TPSA) is 40.5 Å². The van der Waals surface area contributed by atoms with E-state index < -0.39 is 6.10 Å². The third kappa shape index (κ3) is 2.21. The number of aliphatic hydroxyl groups is 1. The minimum atomic E-state index is -0.915. The number of likely N-dealkylation sites (tertiary alicyclic amines) is 1. The molecule has 1 amide bonds. The van der Waals surface area contributed by atoms with Crippen LogP contribution in [0.3, 0.4) is 0 Å². The van der Waals surface area contributed by atoms with Crippen LogP contribution in [-0.4, -0.2) is 22.0 Å². The Morgan fingerprint density at radius 3 is 2.35 bits per heavy atom. The standard InChI is InChI=1S/C17H17NO2/c1-12-7-9-14(10-8-12)15-16(19)17(20)18(15)11-13-5-3-2-4-6-13/h2-10,15-16,19H,11H2,1H3/t15-,16-/m0/s1. The lowest BCUT2D eigenvalue weighted by Crippen LogP contribution is -2.58. The van der Waals surface area contributed by atoms with Crippen LogP contribution in [0.2, 0.25) is 0 Å². The normalized spacial score (nSPS) is 21.7. The van der Waals surface area contributed by atoms with Crippen molar-refractivity contribution in [3.63, 3.8) is 0 Å². The zero-order chi connectivity index (χ0) is 14.1. The molecule has 0 unspecified atom stereocenters. The fourth-order valence-corrected chi connectivity index (χ4v) is 2.61. The number of aliphatic hydroxyl groups excluding tert-OH is 1. The van der Waals surface area contributed by atoms with Gasteiger partial charge in [0, 0.05) is 6.54 Å². The number of hydrogen-bond donors (Lipinski definition) is 1. The number of carbonyl (C=O) groups is 1. The molecule has 1 N–H and O–H groups in total. The number of nitrogens with zero attached hydrogens (tertiary/aromatic N) is 1. The quantitative estimate of drug-likeness (QED) is 0.868. The maximum absolute atomic E-state index is 11.9. The van der Waals surface area contributed by atoms with E-state index in [1.807, 2.05) is 61.5 Å². The van der Waals surface area contributed by atoms with E-state index in [1.165, 1.54) is 5.56 Å². The molecule has 0 spiro atoms.